The van der Waals surface area contributed by atoms with E-state index >= 15 is 0 Å². The van der Waals surface area contributed by atoms with Gasteiger partial charge in [-0.15, -0.1) is 0 Å². The third-order valence-corrected chi connectivity index (χ3v) is 3.07. The molecule has 0 amide bonds. The maximum absolute atomic E-state index is 5.73. The number of nitrogens with two attached hydrogens (primary N) is 1. The van der Waals surface area contributed by atoms with Crippen molar-refractivity contribution in [3.8, 4) is 10.4 Å². The molecule has 0 bridgehead atoms. The fraction of sp³-hybridized carbons (Fsp3) is 0.182. The molecule has 15 heavy (non-hydrogen) atoms. The summed E-state index contributed by atoms with van der Waals surface area (Å²) in [4.78, 5) is 5.47. The largest absolute Gasteiger partial charge is 0.375 e. The van der Waals surface area contributed by atoms with Crippen molar-refractivity contribution in [2.75, 3.05) is 12.8 Å². The Bertz CT molecular complexity index is 436. The number of rotatable bonds is 3. The highest BCUT2D eigenvalue weighted by atomic mass is 32.1. The molecule has 0 fully saturated rings. The summed E-state index contributed by atoms with van der Waals surface area (Å²) in [5, 5.41) is 3.72. The Kier molecular flexibility index (Phi) is 2.99. The SMILES string of the molecule is CNCc1nc(N)sc1-c1ccccc1. The Labute approximate surface area is 93.0 Å². The lowest BCUT2D eigenvalue weighted by Crippen LogP contribution is -2.06. The molecule has 0 unspecified atom stereocenters. The van der Waals surface area contributed by atoms with E-state index in [1.54, 1.807) is 0 Å². The van der Waals surface area contributed by atoms with Crippen LogP contribution >= 0.6 is 11.3 Å². The molecule has 2 rings (SSSR count). The summed E-state index contributed by atoms with van der Waals surface area (Å²) in [5.74, 6) is 0. The molecule has 0 aliphatic rings. The maximum atomic E-state index is 5.73. The Balaban J connectivity index is 2.43. The van der Waals surface area contributed by atoms with Crippen molar-refractivity contribution in [2.24, 2.45) is 0 Å². The van der Waals surface area contributed by atoms with Crippen molar-refractivity contribution in [3.63, 3.8) is 0 Å². The summed E-state index contributed by atoms with van der Waals surface area (Å²) in [6.07, 6.45) is 0. The highest BCUT2D eigenvalue weighted by Crippen LogP contribution is 2.31. The van der Waals surface area contributed by atoms with E-state index in [0.29, 0.717) is 5.13 Å². The van der Waals surface area contributed by atoms with E-state index in [2.05, 4.69) is 22.4 Å². The quantitative estimate of drug-likeness (QED) is 0.831. The van der Waals surface area contributed by atoms with Gasteiger partial charge >= 0.3 is 0 Å². The fourth-order valence-corrected chi connectivity index (χ4v) is 2.33. The Hall–Kier alpha value is -1.39. The molecule has 78 valence electrons. The molecule has 3 N–H and O–H groups in total. The van der Waals surface area contributed by atoms with Crippen molar-refractivity contribution in [1.29, 1.82) is 0 Å². The first-order valence-electron chi connectivity index (χ1n) is 4.76. The van der Waals surface area contributed by atoms with E-state index in [1.807, 2.05) is 25.2 Å². The molecule has 0 spiro atoms. The summed E-state index contributed by atoms with van der Waals surface area (Å²) < 4.78 is 0. The second kappa shape index (κ2) is 4.42. The van der Waals surface area contributed by atoms with Gasteiger partial charge in [0.05, 0.1) is 10.6 Å². The second-order valence-electron chi connectivity index (χ2n) is 3.22. The lowest BCUT2D eigenvalue weighted by Gasteiger charge is -2.00. The van der Waals surface area contributed by atoms with E-state index in [9.17, 15) is 0 Å². The lowest BCUT2D eigenvalue weighted by atomic mass is 10.1. The van der Waals surface area contributed by atoms with Gasteiger partial charge in [-0.3, -0.25) is 0 Å². The Morgan fingerprint density at radius 2 is 2.07 bits per heavy atom. The molecule has 3 nitrogen and oxygen atoms in total. The summed E-state index contributed by atoms with van der Waals surface area (Å²) in [7, 11) is 1.91. The van der Waals surface area contributed by atoms with E-state index in [1.165, 1.54) is 16.9 Å². The van der Waals surface area contributed by atoms with Crippen molar-refractivity contribution in [3.05, 3.63) is 36.0 Å². The van der Waals surface area contributed by atoms with Crippen LogP contribution in [-0.2, 0) is 6.54 Å². The molecule has 0 aliphatic carbocycles. The van der Waals surface area contributed by atoms with Gasteiger partial charge < -0.3 is 11.1 Å². The van der Waals surface area contributed by atoms with Crippen LogP contribution in [0.3, 0.4) is 0 Å². The minimum Gasteiger partial charge on any atom is -0.375 e. The first-order chi connectivity index (χ1) is 7.31. The minimum absolute atomic E-state index is 0.624. The van der Waals surface area contributed by atoms with Gasteiger partial charge in [0.25, 0.3) is 0 Å². The van der Waals surface area contributed by atoms with E-state index in [0.717, 1.165) is 17.1 Å². The molecular formula is C11H13N3S. The van der Waals surface area contributed by atoms with Gasteiger partial charge in [-0.2, -0.15) is 0 Å². The summed E-state index contributed by atoms with van der Waals surface area (Å²) >= 11 is 1.53. The number of hydrogen-bond acceptors (Lipinski definition) is 4. The predicted molar refractivity (Wildman–Crippen MR) is 64.7 cm³/mol. The van der Waals surface area contributed by atoms with Crippen LogP contribution in [0.4, 0.5) is 5.13 Å². The topological polar surface area (TPSA) is 50.9 Å². The number of nitrogens with zero attached hydrogens (tertiary/aromatic N) is 1. The van der Waals surface area contributed by atoms with E-state index in [4.69, 9.17) is 5.73 Å². The normalized spacial score (nSPS) is 10.5. The smallest absolute Gasteiger partial charge is 0.180 e. The molecule has 1 aromatic heterocycles. The monoisotopic (exact) mass is 219 g/mol. The molecule has 0 saturated carbocycles. The number of hydrogen-bond donors (Lipinski definition) is 2. The fourth-order valence-electron chi connectivity index (χ4n) is 1.47. The van der Waals surface area contributed by atoms with Crippen LogP contribution in [0.15, 0.2) is 30.3 Å². The zero-order chi connectivity index (χ0) is 10.7. The standard InChI is InChI=1S/C11H13N3S/c1-13-7-9-10(15-11(12)14-9)8-5-3-2-4-6-8/h2-6,13H,7H2,1H3,(H2,12,14). The zero-order valence-electron chi connectivity index (χ0n) is 8.53. The first kappa shape index (κ1) is 10.1. The van der Waals surface area contributed by atoms with Crippen LogP contribution in [0.5, 0.6) is 0 Å². The number of nitrogen functional groups attached to an aromatic ring is 1. The van der Waals surface area contributed by atoms with Gasteiger partial charge in [0.15, 0.2) is 5.13 Å². The summed E-state index contributed by atoms with van der Waals surface area (Å²) in [5.41, 5.74) is 7.92. The third-order valence-electron chi connectivity index (χ3n) is 2.09. The van der Waals surface area contributed by atoms with E-state index < -0.39 is 0 Å². The third kappa shape index (κ3) is 2.16. The van der Waals surface area contributed by atoms with Crippen LogP contribution in [0.25, 0.3) is 10.4 Å². The average Bonchev–Trinajstić information content (AvgIpc) is 2.62. The Morgan fingerprint density at radius 3 is 2.73 bits per heavy atom. The molecule has 1 heterocycles. The molecule has 0 aliphatic heterocycles. The predicted octanol–water partition coefficient (Wildman–Crippen LogP) is 2.11. The van der Waals surface area contributed by atoms with Crippen LogP contribution in [-0.4, -0.2) is 12.0 Å². The second-order valence-corrected chi connectivity index (χ2v) is 4.25. The van der Waals surface area contributed by atoms with E-state index in [-0.39, 0.29) is 0 Å². The van der Waals surface area contributed by atoms with Gasteiger partial charge in [0.2, 0.25) is 0 Å². The zero-order valence-corrected chi connectivity index (χ0v) is 9.34. The summed E-state index contributed by atoms with van der Waals surface area (Å²) in [6.45, 7) is 0.748. The van der Waals surface area contributed by atoms with Gasteiger partial charge in [0, 0.05) is 6.54 Å². The molecule has 1 aromatic carbocycles. The van der Waals surface area contributed by atoms with Crippen LogP contribution in [0.2, 0.25) is 0 Å². The van der Waals surface area contributed by atoms with Crippen molar-refractivity contribution in [2.45, 2.75) is 6.54 Å². The number of benzene rings is 1. The lowest BCUT2D eigenvalue weighted by molar-refractivity contribution is 0.800. The highest BCUT2D eigenvalue weighted by molar-refractivity contribution is 7.18. The number of thiazole rings is 1. The maximum Gasteiger partial charge on any atom is 0.180 e. The number of nitrogens with one attached hydrogen (secondary N) is 1. The number of aromatic nitrogens is 1. The van der Waals surface area contributed by atoms with Crippen molar-refractivity contribution in [1.82, 2.24) is 10.3 Å². The van der Waals surface area contributed by atoms with Crippen molar-refractivity contribution < 1.29 is 0 Å². The first-order valence-corrected chi connectivity index (χ1v) is 5.58. The molecule has 2 aromatic rings. The highest BCUT2D eigenvalue weighted by Gasteiger charge is 2.09. The van der Waals surface area contributed by atoms with Gasteiger partial charge in [0.1, 0.15) is 0 Å². The van der Waals surface area contributed by atoms with Gasteiger partial charge in [-0.05, 0) is 12.6 Å². The Morgan fingerprint density at radius 1 is 1.33 bits per heavy atom. The number of anilines is 1. The van der Waals surface area contributed by atoms with Crippen LogP contribution in [0, 0.1) is 0 Å². The van der Waals surface area contributed by atoms with Crippen LogP contribution in [0.1, 0.15) is 5.69 Å². The van der Waals surface area contributed by atoms with Gasteiger partial charge in [-0.1, -0.05) is 41.7 Å². The molecule has 0 radical (unpaired) electrons. The average molecular weight is 219 g/mol. The van der Waals surface area contributed by atoms with Crippen molar-refractivity contribution >= 4 is 16.5 Å². The van der Waals surface area contributed by atoms with Gasteiger partial charge in [-0.25, -0.2) is 4.98 Å². The van der Waals surface area contributed by atoms with Crippen LogP contribution < -0.4 is 11.1 Å². The molecule has 0 saturated heterocycles. The minimum atomic E-state index is 0.624. The molecule has 0 atom stereocenters. The molecule has 4 heteroatoms. The molecular weight excluding hydrogens is 206 g/mol. The summed E-state index contributed by atoms with van der Waals surface area (Å²) in [6, 6.07) is 10.2.